The Hall–Kier alpha value is -0.610. The van der Waals surface area contributed by atoms with Crippen LogP contribution in [0.2, 0.25) is 0 Å². The van der Waals surface area contributed by atoms with E-state index < -0.39 is 0 Å². The van der Waals surface area contributed by atoms with Crippen molar-refractivity contribution < 1.29 is 9.53 Å². The van der Waals surface area contributed by atoms with Gasteiger partial charge in [0.2, 0.25) is 0 Å². The molecule has 1 heterocycles. The molecule has 1 aromatic carbocycles. The highest BCUT2D eigenvalue weighted by Crippen LogP contribution is 2.42. The maximum atomic E-state index is 11.7. The summed E-state index contributed by atoms with van der Waals surface area (Å²) in [5.74, 6) is 2.01. The number of ether oxygens (including phenoxy) is 1. The number of hydrogen-bond donors (Lipinski definition) is 0. The Morgan fingerprint density at radius 3 is 2.62 bits per heavy atom. The fourth-order valence-electron chi connectivity index (χ4n) is 1.75. The third-order valence-corrected chi connectivity index (χ3v) is 5.55. The van der Waals surface area contributed by atoms with E-state index in [4.69, 9.17) is 4.74 Å². The third kappa shape index (κ3) is 2.55. The van der Waals surface area contributed by atoms with E-state index in [1.54, 1.807) is 11.8 Å². The Morgan fingerprint density at radius 2 is 1.94 bits per heavy atom. The van der Waals surface area contributed by atoms with Crippen LogP contribution in [0.1, 0.15) is 10.8 Å². The number of hydrogen-bond acceptors (Lipinski definition) is 4. The molecule has 0 bridgehead atoms. The molecule has 0 spiro atoms. The first-order valence-electron chi connectivity index (χ1n) is 5.19. The molecule has 0 unspecified atom stereocenters. The average molecular weight is 254 g/mol. The van der Waals surface area contributed by atoms with Crippen molar-refractivity contribution in [3.05, 3.63) is 35.9 Å². The third-order valence-electron chi connectivity index (χ3n) is 2.51. The number of carbonyl (C=O) groups excluding carboxylic acids is 1. The average Bonchev–Trinajstić information content (AvgIpc) is 2.39. The summed E-state index contributed by atoms with van der Waals surface area (Å²) in [6.07, 6.45) is 0. The fourth-order valence-corrected chi connectivity index (χ4v) is 4.70. The van der Waals surface area contributed by atoms with E-state index >= 15 is 0 Å². The molecule has 1 aliphatic heterocycles. The summed E-state index contributed by atoms with van der Waals surface area (Å²) in [5, 5.41) is 0.165. The van der Waals surface area contributed by atoms with Crippen LogP contribution in [0.3, 0.4) is 0 Å². The molecule has 2 nitrogen and oxygen atoms in total. The highest BCUT2D eigenvalue weighted by atomic mass is 32.2. The van der Waals surface area contributed by atoms with Gasteiger partial charge in [0.15, 0.2) is 0 Å². The van der Waals surface area contributed by atoms with Crippen LogP contribution < -0.4 is 0 Å². The van der Waals surface area contributed by atoms with E-state index in [-0.39, 0.29) is 16.5 Å². The first-order valence-corrected chi connectivity index (χ1v) is 7.28. The summed E-state index contributed by atoms with van der Waals surface area (Å²) in [6.45, 7) is 0. The number of thioether (sulfide) groups is 2. The van der Waals surface area contributed by atoms with Crippen molar-refractivity contribution in [3.63, 3.8) is 0 Å². The molecule has 0 amide bonds. The molecule has 0 radical (unpaired) electrons. The largest absolute Gasteiger partial charge is 0.468 e. The van der Waals surface area contributed by atoms with Crippen LogP contribution in [0, 0.1) is 0 Å². The quantitative estimate of drug-likeness (QED) is 0.758. The van der Waals surface area contributed by atoms with Crippen LogP contribution in [0.15, 0.2) is 30.3 Å². The van der Waals surface area contributed by atoms with Crippen LogP contribution >= 0.6 is 23.5 Å². The molecule has 0 N–H and O–H groups in total. The summed E-state index contributed by atoms with van der Waals surface area (Å²) in [5.41, 5.74) is 1.22. The topological polar surface area (TPSA) is 26.3 Å². The molecular formula is C12H14O2S2. The summed E-state index contributed by atoms with van der Waals surface area (Å²) >= 11 is 3.55. The molecule has 86 valence electrons. The number of carbonyl (C=O) groups is 1. The van der Waals surface area contributed by atoms with Crippen LogP contribution in [-0.2, 0) is 9.53 Å². The zero-order chi connectivity index (χ0) is 11.4. The number of esters is 1. The van der Waals surface area contributed by atoms with Crippen molar-refractivity contribution in [2.24, 2.45) is 0 Å². The minimum atomic E-state index is -0.106. The van der Waals surface area contributed by atoms with Gasteiger partial charge in [-0.1, -0.05) is 30.3 Å². The van der Waals surface area contributed by atoms with E-state index in [1.807, 2.05) is 30.0 Å². The molecule has 0 aromatic heterocycles. The maximum absolute atomic E-state index is 11.7. The Labute approximate surface area is 104 Å². The standard InChI is InChI=1S/C12H14O2S2/c1-14-12(13)11-10(15-7-8-16-11)9-5-3-2-4-6-9/h2-6,10-11H,7-8H2,1H3/t10-,11-/m1/s1. The van der Waals surface area contributed by atoms with Gasteiger partial charge in [-0.2, -0.15) is 11.8 Å². The second-order valence-electron chi connectivity index (χ2n) is 3.52. The van der Waals surface area contributed by atoms with E-state index in [2.05, 4.69) is 12.1 Å². The highest BCUT2D eigenvalue weighted by Gasteiger charge is 2.33. The van der Waals surface area contributed by atoms with Gasteiger partial charge >= 0.3 is 5.97 Å². The minimum Gasteiger partial charge on any atom is -0.468 e. The van der Waals surface area contributed by atoms with Crippen molar-refractivity contribution >= 4 is 29.5 Å². The van der Waals surface area contributed by atoms with E-state index in [0.29, 0.717) is 0 Å². The van der Waals surface area contributed by atoms with Crippen molar-refractivity contribution in [2.75, 3.05) is 18.6 Å². The SMILES string of the molecule is COC(=O)[C@@H]1SCCS[C@@H]1c1ccccc1. The Balaban J connectivity index is 2.20. The molecular weight excluding hydrogens is 240 g/mol. The summed E-state index contributed by atoms with van der Waals surface area (Å²) < 4.78 is 4.87. The van der Waals surface area contributed by atoms with Crippen LogP contribution in [0.4, 0.5) is 0 Å². The molecule has 1 fully saturated rings. The predicted octanol–water partition coefficient (Wildman–Crippen LogP) is 2.75. The zero-order valence-electron chi connectivity index (χ0n) is 9.09. The van der Waals surface area contributed by atoms with Gasteiger partial charge in [-0.25, -0.2) is 0 Å². The first kappa shape index (κ1) is 11.9. The van der Waals surface area contributed by atoms with Crippen LogP contribution in [0.5, 0.6) is 0 Å². The van der Waals surface area contributed by atoms with E-state index in [9.17, 15) is 4.79 Å². The molecule has 2 rings (SSSR count). The normalized spacial score (nSPS) is 25.1. The lowest BCUT2D eigenvalue weighted by molar-refractivity contribution is -0.140. The number of methoxy groups -OCH3 is 1. The zero-order valence-corrected chi connectivity index (χ0v) is 10.7. The van der Waals surface area contributed by atoms with Gasteiger partial charge in [-0.3, -0.25) is 4.79 Å². The highest BCUT2D eigenvalue weighted by molar-refractivity contribution is 8.07. The number of benzene rings is 1. The molecule has 4 heteroatoms. The van der Waals surface area contributed by atoms with E-state index in [1.165, 1.54) is 12.7 Å². The van der Waals surface area contributed by atoms with Crippen LogP contribution in [-0.4, -0.2) is 29.8 Å². The van der Waals surface area contributed by atoms with E-state index in [0.717, 1.165) is 11.5 Å². The van der Waals surface area contributed by atoms with Gasteiger partial charge < -0.3 is 4.74 Å². The van der Waals surface area contributed by atoms with Crippen LogP contribution in [0.25, 0.3) is 0 Å². The smallest absolute Gasteiger partial charge is 0.320 e. The van der Waals surface area contributed by atoms with Gasteiger partial charge in [0.1, 0.15) is 5.25 Å². The minimum absolute atomic E-state index is 0.0638. The second kappa shape index (κ2) is 5.64. The summed E-state index contributed by atoms with van der Waals surface area (Å²) in [7, 11) is 1.46. The lowest BCUT2D eigenvalue weighted by Gasteiger charge is -2.28. The predicted molar refractivity (Wildman–Crippen MR) is 69.9 cm³/mol. The van der Waals surface area contributed by atoms with Crippen molar-refractivity contribution in [1.29, 1.82) is 0 Å². The molecule has 1 aromatic rings. The van der Waals surface area contributed by atoms with Crippen molar-refractivity contribution in [1.82, 2.24) is 0 Å². The van der Waals surface area contributed by atoms with Gasteiger partial charge in [0, 0.05) is 11.5 Å². The van der Waals surface area contributed by atoms with Gasteiger partial charge in [0.25, 0.3) is 0 Å². The van der Waals surface area contributed by atoms with Gasteiger partial charge in [0.05, 0.1) is 12.4 Å². The first-order chi connectivity index (χ1) is 7.83. The lowest BCUT2D eigenvalue weighted by Crippen LogP contribution is -2.28. The molecule has 16 heavy (non-hydrogen) atoms. The lowest BCUT2D eigenvalue weighted by atomic mass is 10.1. The Kier molecular flexibility index (Phi) is 4.18. The summed E-state index contributed by atoms with van der Waals surface area (Å²) in [4.78, 5) is 11.7. The van der Waals surface area contributed by atoms with Gasteiger partial charge in [-0.05, 0) is 5.56 Å². The monoisotopic (exact) mass is 254 g/mol. The molecule has 0 aliphatic carbocycles. The fraction of sp³-hybridized carbons (Fsp3) is 0.417. The molecule has 0 saturated carbocycles. The van der Waals surface area contributed by atoms with Gasteiger partial charge in [-0.15, -0.1) is 11.8 Å². The Morgan fingerprint density at radius 1 is 1.25 bits per heavy atom. The molecule has 2 atom stereocenters. The van der Waals surface area contributed by atoms with Crippen molar-refractivity contribution in [3.8, 4) is 0 Å². The second-order valence-corrected chi connectivity index (χ2v) is 6.02. The molecule has 1 saturated heterocycles. The van der Waals surface area contributed by atoms with Crippen molar-refractivity contribution in [2.45, 2.75) is 10.5 Å². The summed E-state index contributed by atoms with van der Waals surface area (Å²) in [6, 6.07) is 10.2. The maximum Gasteiger partial charge on any atom is 0.320 e. The molecule has 1 aliphatic rings. The number of rotatable bonds is 2. The Bertz CT molecular complexity index is 353.